The fourth-order valence-corrected chi connectivity index (χ4v) is 3.77. The Morgan fingerprint density at radius 1 is 1.25 bits per heavy atom. The lowest BCUT2D eigenvalue weighted by atomic mass is 10.1. The average molecular weight is 416 g/mol. The highest BCUT2D eigenvalue weighted by Gasteiger charge is 2.33. The zero-order valence-corrected chi connectivity index (χ0v) is 16.8. The number of phenols is 1. The summed E-state index contributed by atoms with van der Waals surface area (Å²) in [5.41, 5.74) is 1.93. The maximum atomic E-state index is 12.4. The van der Waals surface area contributed by atoms with Gasteiger partial charge in [0, 0.05) is 5.56 Å². The number of aliphatic hydroxyl groups is 1. The van der Waals surface area contributed by atoms with Gasteiger partial charge in [-0.1, -0.05) is 47.1 Å². The lowest BCUT2D eigenvalue weighted by molar-refractivity contribution is -0.138. The number of aliphatic imine (C=N–C) groups is 1. The standard InChI is InChI=1S/C21H18ClNO4S/c1-3-27-21(26)18-19(25)17(11-13-10-12(2)8-9-16(13)24)28-20(18)23-15-7-5-4-6-14(15)22/h4-11,24-25H,3H2,1-2H3/b17-11+,23-20?. The third-order valence-electron chi connectivity index (χ3n) is 3.91. The van der Waals surface area contributed by atoms with Gasteiger partial charge in [0.2, 0.25) is 0 Å². The number of aryl methyl sites for hydroxylation is 1. The van der Waals surface area contributed by atoms with Crippen LogP contribution in [0.5, 0.6) is 5.75 Å². The van der Waals surface area contributed by atoms with Crippen molar-refractivity contribution in [1.82, 2.24) is 0 Å². The maximum Gasteiger partial charge on any atom is 0.344 e. The highest BCUT2D eigenvalue weighted by Crippen LogP contribution is 2.41. The van der Waals surface area contributed by atoms with Gasteiger partial charge in [0.25, 0.3) is 0 Å². The minimum Gasteiger partial charge on any atom is -0.507 e. The number of ether oxygens (including phenoxy) is 1. The summed E-state index contributed by atoms with van der Waals surface area (Å²) in [5, 5.41) is 21.5. The van der Waals surface area contributed by atoms with E-state index in [-0.39, 0.29) is 28.7 Å². The molecule has 0 saturated heterocycles. The zero-order valence-electron chi connectivity index (χ0n) is 15.3. The molecular weight excluding hydrogens is 398 g/mol. The first-order chi connectivity index (χ1) is 13.4. The first-order valence-electron chi connectivity index (χ1n) is 8.54. The van der Waals surface area contributed by atoms with Crippen LogP contribution in [-0.2, 0) is 9.53 Å². The van der Waals surface area contributed by atoms with Crippen LogP contribution in [0.2, 0.25) is 5.02 Å². The molecule has 0 spiro atoms. The van der Waals surface area contributed by atoms with Crippen LogP contribution in [0.4, 0.5) is 5.69 Å². The molecule has 3 rings (SSSR count). The van der Waals surface area contributed by atoms with E-state index in [1.54, 1.807) is 55.5 Å². The molecule has 0 atom stereocenters. The SMILES string of the molecule is CCOC(=O)C1=C(O)/C(=C\c2cc(C)ccc2O)SC1=Nc1ccccc1Cl. The Hall–Kier alpha value is -2.70. The molecule has 144 valence electrons. The number of halogens is 1. The van der Waals surface area contributed by atoms with E-state index < -0.39 is 5.97 Å². The van der Waals surface area contributed by atoms with Crippen LogP contribution in [0.15, 0.2) is 63.7 Å². The van der Waals surface area contributed by atoms with Crippen molar-refractivity contribution in [3.63, 3.8) is 0 Å². The van der Waals surface area contributed by atoms with E-state index in [4.69, 9.17) is 16.3 Å². The Balaban J connectivity index is 2.10. The summed E-state index contributed by atoms with van der Waals surface area (Å²) in [7, 11) is 0. The van der Waals surface area contributed by atoms with E-state index in [0.29, 0.717) is 21.2 Å². The Morgan fingerprint density at radius 3 is 2.71 bits per heavy atom. The highest BCUT2D eigenvalue weighted by atomic mass is 35.5. The molecule has 0 radical (unpaired) electrons. The first-order valence-corrected chi connectivity index (χ1v) is 9.73. The van der Waals surface area contributed by atoms with E-state index in [1.807, 2.05) is 6.92 Å². The normalized spacial score (nSPS) is 16.8. The Labute approximate surface area is 172 Å². The fourth-order valence-electron chi connectivity index (χ4n) is 2.57. The molecule has 2 aromatic carbocycles. The lowest BCUT2D eigenvalue weighted by Crippen LogP contribution is -2.12. The van der Waals surface area contributed by atoms with Crippen molar-refractivity contribution in [1.29, 1.82) is 0 Å². The number of aliphatic hydroxyl groups excluding tert-OH is 1. The number of carbonyl (C=O) groups is 1. The number of benzene rings is 2. The predicted octanol–water partition coefficient (Wildman–Crippen LogP) is 5.55. The van der Waals surface area contributed by atoms with Crippen LogP contribution in [0.1, 0.15) is 18.1 Å². The molecule has 0 bridgehead atoms. The number of hydrogen-bond acceptors (Lipinski definition) is 6. The van der Waals surface area contributed by atoms with Crippen LogP contribution in [-0.4, -0.2) is 27.8 Å². The minimum absolute atomic E-state index is 0.0230. The van der Waals surface area contributed by atoms with Crippen LogP contribution in [0.25, 0.3) is 6.08 Å². The van der Waals surface area contributed by atoms with Gasteiger partial charge in [0.1, 0.15) is 22.1 Å². The topological polar surface area (TPSA) is 79.1 Å². The summed E-state index contributed by atoms with van der Waals surface area (Å²) in [6, 6.07) is 12.1. The number of esters is 1. The maximum absolute atomic E-state index is 12.4. The summed E-state index contributed by atoms with van der Waals surface area (Å²) in [5.74, 6) is -0.842. The second kappa shape index (κ2) is 8.54. The van der Waals surface area contributed by atoms with E-state index in [1.165, 1.54) is 0 Å². The van der Waals surface area contributed by atoms with Crippen molar-refractivity contribution in [2.75, 3.05) is 6.61 Å². The second-order valence-corrected chi connectivity index (χ2v) is 7.42. The van der Waals surface area contributed by atoms with E-state index >= 15 is 0 Å². The molecule has 7 heteroatoms. The van der Waals surface area contributed by atoms with Gasteiger partial charge >= 0.3 is 5.97 Å². The summed E-state index contributed by atoms with van der Waals surface area (Å²) in [6.45, 7) is 3.74. The first kappa shape index (κ1) is 20.0. The van der Waals surface area contributed by atoms with Crippen molar-refractivity contribution in [3.05, 3.63) is 74.9 Å². The van der Waals surface area contributed by atoms with E-state index in [0.717, 1.165) is 17.3 Å². The number of carbonyl (C=O) groups excluding carboxylic acids is 1. The number of nitrogens with zero attached hydrogens (tertiary/aromatic N) is 1. The highest BCUT2D eigenvalue weighted by molar-refractivity contribution is 8.18. The molecule has 2 N–H and O–H groups in total. The molecule has 1 aliphatic rings. The van der Waals surface area contributed by atoms with Gasteiger partial charge in [0.05, 0.1) is 22.2 Å². The Morgan fingerprint density at radius 2 is 2.00 bits per heavy atom. The van der Waals surface area contributed by atoms with Gasteiger partial charge in [-0.05, 0) is 44.2 Å². The van der Waals surface area contributed by atoms with Gasteiger partial charge in [-0.3, -0.25) is 0 Å². The Kier molecular flexibility index (Phi) is 6.11. The predicted molar refractivity (Wildman–Crippen MR) is 113 cm³/mol. The Bertz CT molecular complexity index is 1030. The van der Waals surface area contributed by atoms with Gasteiger partial charge in [0.15, 0.2) is 0 Å². The van der Waals surface area contributed by atoms with Crippen LogP contribution < -0.4 is 0 Å². The molecule has 28 heavy (non-hydrogen) atoms. The second-order valence-electron chi connectivity index (χ2n) is 5.99. The quantitative estimate of drug-likeness (QED) is 0.640. The molecule has 0 unspecified atom stereocenters. The molecule has 0 saturated carbocycles. The summed E-state index contributed by atoms with van der Waals surface area (Å²) in [4.78, 5) is 17.3. The summed E-state index contributed by atoms with van der Waals surface area (Å²) < 4.78 is 5.08. The van der Waals surface area contributed by atoms with E-state index in [2.05, 4.69) is 4.99 Å². The van der Waals surface area contributed by atoms with Crippen molar-refractivity contribution < 1.29 is 19.7 Å². The lowest BCUT2D eigenvalue weighted by Gasteiger charge is -2.04. The molecule has 0 aromatic heterocycles. The smallest absolute Gasteiger partial charge is 0.344 e. The van der Waals surface area contributed by atoms with Crippen LogP contribution in [0.3, 0.4) is 0 Å². The zero-order chi connectivity index (χ0) is 20.3. The molecular formula is C21H18ClNO4S. The molecule has 1 aliphatic heterocycles. The van der Waals surface area contributed by atoms with Gasteiger partial charge < -0.3 is 14.9 Å². The molecule has 1 heterocycles. The molecule has 2 aromatic rings. The van der Waals surface area contributed by atoms with Crippen molar-refractivity contribution in [2.24, 2.45) is 4.99 Å². The van der Waals surface area contributed by atoms with Crippen molar-refractivity contribution in [3.8, 4) is 5.75 Å². The molecule has 5 nitrogen and oxygen atoms in total. The van der Waals surface area contributed by atoms with Gasteiger partial charge in [-0.15, -0.1) is 0 Å². The number of aromatic hydroxyl groups is 1. The summed E-state index contributed by atoms with van der Waals surface area (Å²) >= 11 is 7.28. The third-order valence-corrected chi connectivity index (χ3v) is 5.25. The molecule has 0 aliphatic carbocycles. The number of phenolic OH excluding ortho intramolecular Hbond substituents is 1. The number of hydrogen-bond donors (Lipinski definition) is 2. The number of para-hydroxylation sites is 1. The molecule has 0 amide bonds. The van der Waals surface area contributed by atoms with Crippen molar-refractivity contribution in [2.45, 2.75) is 13.8 Å². The monoisotopic (exact) mass is 415 g/mol. The van der Waals surface area contributed by atoms with Crippen molar-refractivity contribution >= 4 is 46.1 Å². The number of rotatable bonds is 4. The van der Waals surface area contributed by atoms with Crippen LogP contribution in [0, 0.1) is 6.92 Å². The van der Waals surface area contributed by atoms with Gasteiger partial charge in [-0.25, -0.2) is 9.79 Å². The summed E-state index contributed by atoms with van der Waals surface area (Å²) in [6.07, 6.45) is 1.61. The minimum atomic E-state index is -0.671. The van der Waals surface area contributed by atoms with E-state index in [9.17, 15) is 15.0 Å². The van der Waals surface area contributed by atoms with Crippen LogP contribution >= 0.6 is 23.4 Å². The fraction of sp³-hybridized carbons (Fsp3) is 0.143. The third kappa shape index (κ3) is 4.24. The molecule has 0 fully saturated rings. The number of thioether (sulfide) groups is 1. The average Bonchev–Trinajstić information content (AvgIpc) is 2.95. The largest absolute Gasteiger partial charge is 0.507 e. The van der Waals surface area contributed by atoms with Gasteiger partial charge in [-0.2, -0.15) is 0 Å².